The van der Waals surface area contributed by atoms with Crippen molar-refractivity contribution >= 4 is 18.7 Å². The van der Waals surface area contributed by atoms with Crippen LogP contribution >= 0.6 is 0 Å². The first-order valence-electron chi connectivity index (χ1n) is 6.03. The Morgan fingerprint density at radius 2 is 1.95 bits per heavy atom. The molecule has 0 radical (unpaired) electrons. The van der Waals surface area contributed by atoms with Crippen LogP contribution in [0.15, 0.2) is 24.3 Å². The highest BCUT2D eigenvalue weighted by atomic mass is 16.6. The van der Waals surface area contributed by atoms with Gasteiger partial charge in [-0.1, -0.05) is 24.3 Å². The normalized spacial score (nSPS) is 9.95. The van der Waals surface area contributed by atoms with Gasteiger partial charge in [0.05, 0.1) is 0 Å². The van der Waals surface area contributed by atoms with Crippen LogP contribution < -0.4 is 10.8 Å². The Hall–Kier alpha value is -1.97. The number of rotatable bonds is 3. The monoisotopic (exact) mass is 277 g/mol. The molecule has 108 valence electrons. The van der Waals surface area contributed by atoms with Crippen LogP contribution in [0.25, 0.3) is 0 Å². The Morgan fingerprint density at radius 3 is 2.45 bits per heavy atom. The standard InChI is InChI=1S/C12H18BNO4.C2H2/c1-12(2,3)18-11(15)14-8-9-5-4-6-10(7-9)13(16)17;1-2/h4-7,16-17H,8H2,1-3H3,(H,14,15);1-2H. The maximum atomic E-state index is 11.4. The summed E-state index contributed by atoms with van der Waals surface area (Å²) in [5, 5.41) is 20.6. The second-order valence-corrected chi connectivity index (χ2v) is 4.97. The fourth-order valence-electron chi connectivity index (χ4n) is 1.35. The molecule has 0 aliphatic heterocycles. The van der Waals surface area contributed by atoms with E-state index >= 15 is 0 Å². The zero-order valence-electron chi connectivity index (χ0n) is 12.0. The van der Waals surface area contributed by atoms with Gasteiger partial charge in [0.2, 0.25) is 0 Å². The minimum atomic E-state index is -1.51. The molecule has 0 saturated carbocycles. The predicted octanol–water partition coefficient (Wildman–Crippen LogP) is 0.640. The van der Waals surface area contributed by atoms with Crippen LogP contribution in [0.1, 0.15) is 26.3 Å². The third-order valence-corrected chi connectivity index (χ3v) is 2.08. The summed E-state index contributed by atoms with van der Waals surface area (Å²) in [5.74, 6) is 0. The molecule has 3 N–H and O–H groups in total. The van der Waals surface area contributed by atoms with E-state index in [1.807, 2.05) is 0 Å². The summed E-state index contributed by atoms with van der Waals surface area (Å²) in [6.07, 6.45) is 7.50. The number of terminal acetylenes is 1. The van der Waals surface area contributed by atoms with Crippen LogP contribution in [0.5, 0.6) is 0 Å². The fraction of sp³-hybridized carbons (Fsp3) is 0.357. The molecule has 0 bridgehead atoms. The molecular formula is C14H20BNO4. The molecule has 0 atom stereocenters. The number of nitrogens with one attached hydrogen (secondary N) is 1. The van der Waals surface area contributed by atoms with Crippen molar-refractivity contribution in [2.45, 2.75) is 32.9 Å². The summed E-state index contributed by atoms with van der Waals surface area (Å²) < 4.78 is 5.09. The number of ether oxygens (including phenoxy) is 1. The minimum absolute atomic E-state index is 0.273. The molecule has 0 heterocycles. The molecular weight excluding hydrogens is 257 g/mol. The highest BCUT2D eigenvalue weighted by molar-refractivity contribution is 6.58. The number of carbonyl (C=O) groups excluding carboxylic acids is 1. The first-order valence-corrected chi connectivity index (χ1v) is 6.03. The number of carbonyl (C=O) groups is 1. The van der Waals surface area contributed by atoms with Gasteiger partial charge in [0.15, 0.2) is 0 Å². The van der Waals surface area contributed by atoms with E-state index in [-0.39, 0.29) is 6.54 Å². The van der Waals surface area contributed by atoms with E-state index in [0.29, 0.717) is 5.46 Å². The summed E-state index contributed by atoms with van der Waals surface area (Å²) in [6, 6.07) is 6.69. The van der Waals surface area contributed by atoms with Crippen LogP contribution in [-0.4, -0.2) is 28.9 Å². The molecule has 1 amide bonds. The van der Waals surface area contributed by atoms with Gasteiger partial charge in [-0.05, 0) is 31.8 Å². The lowest BCUT2D eigenvalue weighted by Crippen LogP contribution is -2.33. The molecule has 0 fully saturated rings. The summed E-state index contributed by atoms with van der Waals surface area (Å²) in [4.78, 5) is 11.4. The Kier molecular flexibility index (Phi) is 7.44. The van der Waals surface area contributed by atoms with E-state index in [4.69, 9.17) is 14.8 Å². The Bertz CT molecular complexity index is 452. The number of benzene rings is 1. The molecule has 0 aromatic heterocycles. The molecule has 0 unspecified atom stereocenters. The molecule has 0 spiro atoms. The lowest BCUT2D eigenvalue weighted by Gasteiger charge is -2.19. The molecule has 1 rings (SSSR count). The van der Waals surface area contributed by atoms with Crippen molar-refractivity contribution in [2.24, 2.45) is 0 Å². The van der Waals surface area contributed by atoms with Gasteiger partial charge in [-0.2, -0.15) is 0 Å². The molecule has 0 aliphatic rings. The number of hydrogen-bond acceptors (Lipinski definition) is 4. The van der Waals surface area contributed by atoms with Crippen molar-refractivity contribution in [1.29, 1.82) is 0 Å². The molecule has 0 aliphatic carbocycles. The Balaban J connectivity index is 0.00000172. The Morgan fingerprint density at radius 1 is 1.35 bits per heavy atom. The summed E-state index contributed by atoms with van der Waals surface area (Å²) >= 11 is 0. The summed E-state index contributed by atoms with van der Waals surface area (Å²) in [7, 11) is -1.51. The van der Waals surface area contributed by atoms with E-state index in [1.165, 1.54) is 0 Å². The summed E-state index contributed by atoms with van der Waals surface area (Å²) in [6.45, 7) is 5.63. The number of amides is 1. The highest BCUT2D eigenvalue weighted by Gasteiger charge is 2.16. The molecule has 6 heteroatoms. The van der Waals surface area contributed by atoms with E-state index in [2.05, 4.69) is 18.2 Å². The van der Waals surface area contributed by atoms with Gasteiger partial charge in [0.25, 0.3) is 0 Å². The maximum absolute atomic E-state index is 11.4. The van der Waals surface area contributed by atoms with Gasteiger partial charge in [-0.3, -0.25) is 0 Å². The molecule has 1 aromatic rings. The third-order valence-electron chi connectivity index (χ3n) is 2.08. The van der Waals surface area contributed by atoms with Crippen molar-refractivity contribution < 1.29 is 19.6 Å². The second kappa shape index (κ2) is 8.25. The third kappa shape index (κ3) is 7.47. The first-order chi connectivity index (χ1) is 9.28. The van der Waals surface area contributed by atoms with Crippen molar-refractivity contribution in [2.75, 3.05) is 0 Å². The smallest absolute Gasteiger partial charge is 0.444 e. The highest BCUT2D eigenvalue weighted by Crippen LogP contribution is 2.06. The maximum Gasteiger partial charge on any atom is 0.488 e. The lowest BCUT2D eigenvalue weighted by atomic mass is 9.80. The van der Waals surface area contributed by atoms with Crippen LogP contribution in [0, 0.1) is 12.8 Å². The first kappa shape index (κ1) is 18.0. The zero-order valence-corrected chi connectivity index (χ0v) is 12.0. The van der Waals surface area contributed by atoms with Gasteiger partial charge in [-0.15, -0.1) is 12.8 Å². The van der Waals surface area contributed by atoms with Crippen molar-refractivity contribution in [3.05, 3.63) is 29.8 Å². The average Bonchev–Trinajstić information content (AvgIpc) is 2.37. The SMILES string of the molecule is C#C.CC(C)(C)OC(=O)NCc1cccc(B(O)O)c1. The van der Waals surface area contributed by atoms with E-state index in [1.54, 1.807) is 45.0 Å². The Labute approximate surface area is 120 Å². The van der Waals surface area contributed by atoms with Crippen molar-refractivity contribution in [3.8, 4) is 12.8 Å². The molecule has 0 saturated heterocycles. The zero-order chi connectivity index (χ0) is 15.8. The van der Waals surface area contributed by atoms with Gasteiger partial charge >= 0.3 is 13.2 Å². The van der Waals surface area contributed by atoms with Gasteiger partial charge in [0.1, 0.15) is 5.60 Å². The quantitative estimate of drug-likeness (QED) is 0.559. The van der Waals surface area contributed by atoms with Gasteiger partial charge < -0.3 is 20.1 Å². The summed E-state index contributed by atoms with van der Waals surface area (Å²) in [5.41, 5.74) is 0.623. The number of hydrogen-bond donors (Lipinski definition) is 3. The molecule has 1 aromatic carbocycles. The minimum Gasteiger partial charge on any atom is -0.444 e. The van der Waals surface area contributed by atoms with E-state index in [0.717, 1.165) is 5.56 Å². The lowest BCUT2D eigenvalue weighted by molar-refractivity contribution is 0.0523. The van der Waals surface area contributed by atoms with Crippen LogP contribution in [-0.2, 0) is 11.3 Å². The van der Waals surface area contributed by atoms with Gasteiger partial charge in [-0.25, -0.2) is 4.79 Å². The van der Waals surface area contributed by atoms with Crippen LogP contribution in [0.2, 0.25) is 0 Å². The second-order valence-electron chi connectivity index (χ2n) is 4.97. The topological polar surface area (TPSA) is 78.8 Å². The largest absolute Gasteiger partial charge is 0.488 e. The van der Waals surface area contributed by atoms with Crippen molar-refractivity contribution in [3.63, 3.8) is 0 Å². The number of alkyl carbamates (subject to hydrolysis) is 1. The molecule has 20 heavy (non-hydrogen) atoms. The van der Waals surface area contributed by atoms with Crippen LogP contribution in [0.3, 0.4) is 0 Å². The average molecular weight is 277 g/mol. The predicted molar refractivity (Wildman–Crippen MR) is 79.2 cm³/mol. The van der Waals surface area contributed by atoms with E-state index < -0.39 is 18.8 Å². The van der Waals surface area contributed by atoms with Gasteiger partial charge in [0, 0.05) is 6.54 Å². The van der Waals surface area contributed by atoms with Crippen LogP contribution in [0.4, 0.5) is 4.79 Å². The molecule has 5 nitrogen and oxygen atoms in total. The van der Waals surface area contributed by atoms with Crippen molar-refractivity contribution in [1.82, 2.24) is 5.32 Å². The fourth-order valence-corrected chi connectivity index (χ4v) is 1.35. The van der Waals surface area contributed by atoms with E-state index in [9.17, 15) is 4.79 Å².